The Kier molecular flexibility index (Phi) is 6.05. The number of rotatable bonds is 6. The summed E-state index contributed by atoms with van der Waals surface area (Å²) in [4.78, 5) is 7.10. The van der Waals surface area contributed by atoms with Gasteiger partial charge in [-0.1, -0.05) is 0 Å². The van der Waals surface area contributed by atoms with E-state index in [0.29, 0.717) is 0 Å². The molecule has 0 aromatic carbocycles. The molecule has 0 saturated carbocycles. The highest BCUT2D eigenvalue weighted by molar-refractivity contribution is 4.78. The molecular formula is C14H31N3O. The average molecular weight is 257 g/mol. The molecule has 1 saturated heterocycles. The van der Waals surface area contributed by atoms with E-state index in [2.05, 4.69) is 35.8 Å². The average Bonchev–Trinajstić information content (AvgIpc) is 2.24. The Bertz CT molecular complexity index is 232. The Morgan fingerprint density at radius 3 is 2.22 bits per heavy atom. The molecule has 0 bridgehead atoms. The standard InChI is InChI=1S/C14H31N3O/c1-14(2,18)12-16(4)10-11-17(5)13-6-8-15(3)9-7-13/h13,18H,6-12H2,1-5H3. The van der Waals surface area contributed by atoms with E-state index in [1.165, 1.54) is 25.9 Å². The van der Waals surface area contributed by atoms with E-state index >= 15 is 0 Å². The van der Waals surface area contributed by atoms with Gasteiger partial charge < -0.3 is 19.8 Å². The third kappa shape index (κ3) is 6.14. The maximum absolute atomic E-state index is 9.77. The predicted molar refractivity (Wildman–Crippen MR) is 76.9 cm³/mol. The van der Waals surface area contributed by atoms with Gasteiger partial charge in [0.25, 0.3) is 0 Å². The fourth-order valence-electron chi connectivity index (χ4n) is 2.69. The third-order valence-electron chi connectivity index (χ3n) is 3.80. The van der Waals surface area contributed by atoms with Gasteiger partial charge in [0, 0.05) is 25.7 Å². The van der Waals surface area contributed by atoms with Crippen LogP contribution in [-0.4, -0.2) is 85.3 Å². The molecule has 1 N–H and O–H groups in total. The summed E-state index contributed by atoms with van der Waals surface area (Å²) in [5.41, 5.74) is -0.596. The Balaban J connectivity index is 2.22. The van der Waals surface area contributed by atoms with Gasteiger partial charge in [-0.3, -0.25) is 0 Å². The number of nitrogens with zero attached hydrogens (tertiary/aromatic N) is 3. The summed E-state index contributed by atoms with van der Waals surface area (Å²) in [6, 6.07) is 0.733. The quantitative estimate of drug-likeness (QED) is 0.759. The van der Waals surface area contributed by atoms with Crippen molar-refractivity contribution in [1.82, 2.24) is 14.7 Å². The second kappa shape index (κ2) is 6.85. The van der Waals surface area contributed by atoms with E-state index in [9.17, 15) is 5.11 Å². The summed E-state index contributed by atoms with van der Waals surface area (Å²) in [5.74, 6) is 0. The van der Waals surface area contributed by atoms with Crippen molar-refractivity contribution in [3.05, 3.63) is 0 Å². The van der Waals surface area contributed by atoms with Gasteiger partial charge in [-0.15, -0.1) is 0 Å². The Labute approximate surface area is 113 Å². The van der Waals surface area contributed by atoms with Crippen molar-refractivity contribution in [2.45, 2.75) is 38.3 Å². The molecule has 0 aromatic heterocycles. The highest BCUT2D eigenvalue weighted by atomic mass is 16.3. The fourth-order valence-corrected chi connectivity index (χ4v) is 2.69. The SMILES string of the molecule is CN1CCC(N(C)CCN(C)CC(C)(C)O)CC1. The number of hydrogen-bond donors (Lipinski definition) is 1. The van der Waals surface area contributed by atoms with Crippen molar-refractivity contribution in [2.75, 3.05) is 53.9 Å². The van der Waals surface area contributed by atoms with Gasteiger partial charge in [-0.25, -0.2) is 0 Å². The first-order valence-corrected chi connectivity index (χ1v) is 7.07. The highest BCUT2D eigenvalue weighted by Crippen LogP contribution is 2.13. The summed E-state index contributed by atoms with van der Waals surface area (Å²) in [7, 11) is 6.52. The van der Waals surface area contributed by atoms with Gasteiger partial charge in [0.15, 0.2) is 0 Å². The number of piperidine rings is 1. The predicted octanol–water partition coefficient (Wildman–Crippen LogP) is 0.715. The third-order valence-corrected chi connectivity index (χ3v) is 3.80. The lowest BCUT2D eigenvalue weighted by Gasteiger charge is -2.36. The lowest BCUT2D eigenvalue weighted by atomic mass is 10.0. The van der Waals surface area contributed by atoms with E-state index in [1.807, 2.05) is 13.8 Å². The summed E-state index contributed by atoms with van der Waals surface area (Å²) in [6.07, 6.45) is 2.56. The minimum atomic E-state index is -0.596. The zero-order chi connectivity index (χ0) is 13.8. The lowest BCUT2D eigenvalue weighted by molar-refractivity contribution is 0.0398. The molecule has 1 aliphatic rings. The maximum atomic E-state index is 9.77. The first-order chi connectivity index (χ1) is 8.28. The monoisotopic (exact) mass is 257 g/mol. The van der Waals surface area contributed by atoms with Gasteiger partial charge in [0.1, 0.15) is 0 Å². The first kappa shape index (κ1) is 15.9. The minimum absolute atomic E-state index is 0.596. The molecule has 1 heterocycles. The summed E-state index contributed by atoms with van der Waals surface area (Å²) in [5, 5.41) is 9.77. The van der Waals surface area contributed by atoms with Crippen LogP contribution < -0.4 is 0 Å². The van der Waals surface area contributed by atoms with Gasteiger partial charge in [-0.2, -0.15) is 0 Å². The topological polar surface area (TPSA) is 30.0 Å². The van der Waals surface area contributed by atoms with Gasteiger partial charge >= 0.3 is 0 Å². The molecular weight excluding hydrogens is 226 g/mol. The molecule has 4 heteroatoms. The fraction of sp³-hybridized carbons (Fsp3) is 1.00. The van der Waals surface area contributed by atoms with Crippen LogP contribution in [0.4, 0.5) is 0 Å². The normalized spacial score (nSPS) is 20.0. The molecule has 1 rings (SSSR count). The van der Waals surface area contributed by atoms with Crippen LogP contribution >= 0.6 is 0 Å². The number of hydrogen-bond acceptors (Lipinski definition) is 4. The largest absolute Gasteiger partial charge is 0.389 e. The van der Waals surface area contributed by atoms with Crippen molar-refractivity contribution < 1.29 is 5.11 Å². The van der Waals surface area contributed by atoms with Crippen LogP contribution in [0, 0.1) is 0 Å². The zero-order valence-electron chi connectivity index (χ0n) is 12.8. The summed E-state index contributed by atoms with van der Waals surface area (Å²) < 4.78 is 0. The molecule has 0 aromatic rings. The van der Waals surface area contributed by atoms with Crippen LogP contribution in [0.25, 0.3) is 0 Å². The van der Waals surface area contributed by atoms with E-state index in [1.54, 1.807) is 0 Å². The molecule has 1 fully saturated rings. The van der Waals surface area contributed by atoms with E-state index in [-0.39, 0.29) is 0 Å². The van der Waals surface area contributed by atoms with Gasteiger partial charge in [0.05, 0.1) is 5.60 Å². The first-order valence-electron chi connectivity index (χ1n) is 7.07. The molecule has 0 atom stereocenters. The second-order valence-electron chi connectivity index (χ2n) is 6.57. The van der Waals surface area contributed by atoms with Crippen molar-refractivity contribution in [3.8, 4) is 0 Å². The van der Waals surface area contributed by atoms with Crippen molar-refractivity contribution in [1.29, 1.82) is 0 Å². The van der Waals surface area contributed by atoms with E-state index in [0.717, 1.165) is 25.7 Å². The Morgan fingerprint density at radius 2 is 1.72 bits per heavy atom. The molecule has 0 amide bonds. The molecule has 0 spiro atoms. The van der Waals surface area contributed by atoms with E-state index < -0.39 is 5.60 Å². The van der Waals surface area contributed by atoms with Crippen LogP contribution in [0.2, 0.25) is 0 Å². The molecule has 0 aliphatic carbocycles. The number of likely N-dealkylation sites (N-methyl/N-ethyl adjacent to an activating group) is 2. The van der Waals surface area contributed by atoms with Crippen molar-refractivity contribution in [2.24, 2.45) is 0 Å². The van der Waals surface area contributed by atoms with Gasteiger partial charge in [-0.05, 0) is 60.9 Å². The zero-order valence-corrected chi connectivity index (χ0v) is 12.8. The minimum Gasteiger partial charge on any atom is -0.389 e. The Hall–Kier alpha value is -0.160. The van der Waals surface area contributed by atoms with Gasteiger partial charge in [0.2, 0.25) is 0 Å². The smallest absolute Gasteiger partial charge is 0.0718 e. The number of aliphatic hydroxyl groups is 1. The molecule has 18 heavy (non-hydrogen) atoms. The highest BCUT2D eigenvalue weighted by Gasteiger charge is 2.21. The summed E-state index contributed by atoms with van der Waals surface area (Å²) >= 11 is 0. The molecule has 1 aliphatic heterocycles. The van der Waals surface area contributed by atoms with Crippen LogP contribution in [0.3, 0.4) is 0 Å². The lowest BCUT2D eigenvalue weighted by Crippen LogP contribution is -2.45. The maximum Gasteiger partial charge on any atom is 0.0718 e. The molecule has 108 valence electrons. The van der Waals surface area contributed by atoms with Crippen molar-refractivity contribution >= 4 is 0 Å². The number of likely N-dealkylation sites (tertiary alicyclic amines) is 1. The second-order valence-corrected chi connectivity index (χ2v) is 6.57. The molecule has 4 nitrogen and oxygen atoms in total. The van der Waals surface area contributed by atoms with Crippen LogP contribution in [-0.2, 0) is 0 Å². The van der Waals surface area contributed by atoms with Crippen LogP contribution in [0.15, 0.2) is 0 Å². The summed E-state index contributed by atoms with van der Waals surface area (Å²) in [6.45, 7) is 9.00. The van der Waals surface area contributed by atoms with Crippen LogP contribution in [0.5, 0.6) is 0 Å². The van der Waals surface area contributed by atoms with Crippen molar-refractivity contribution in [3.63, 3.8) is 0 Å². The Morgan fingerprint density at radius 1 is 1.17 bits per heavy atom. The van der Waals surface area contributed by atoms with Crippen LogP contribution in [0.1, 0.15) is 26.7 Å². The molecule has 0 radical (unpaired) electrons. The van der Waals surface area contributed by atoms with E-state index in [4.69, 9.17) is 0 Å². The molecule has 0 unspecified atom stereocenters.